The average molecular weight is 470 g/mol. The fraction of sp³-hybridized carbons (Fsp3) is 0.179. The highest BCUT2D eigenvalue weighted by molar-refractivity contribution is 6.39. The highest BCUT2D eigenvalue weighted by Gasteiger charge is 2.37. The molecule has 1 aromatic heterocycles. The van der Waals surface area contributed by atoms with Crippen molar-refractivity contribution >= 4 is 29.6 Å². The number of nitrogens with zero attached hydrogens (tertiary/aromatic N) is 2. The van der Waals surface area contributed by atoms with Crippen LogP contribution in [0.5, 0.6) is 5.75 Å². The molecule has 0 saturated carbocycles. The van der Waals surface area contributed by atoms with E-state index in [1.165, 1.54) is 0 Å². The number of urea groups is 1. The first-order valence-electron chi connectivity index (χ1n) is 11.2. The van der Waals surface area contributed by atoms with Crippen molar-refractivity contribution in [2.24, 2.45) is 0 Å². The molecule has 35 heavy (non-hydrogen) atoms. The molecule has 3 aromatic rings. The number of barbiturate groups is 1. The lowest BCUT2D eigenvalue weighted by Crippen LogP contribution is -2.54. The first kappa shape index (κ1) is 23.8. The second-order valence-electron chi connectivity index (χ2n) is 8.56. The SMILES string of the molecule is C=CCOc1ccc(-n2c(C)cc(/C=C3\C(=O)NC(=O)N(c4cc(C)cc(C)c4)C3=O)c2C)cc1. The van der Waals surface area contributed by atoms with Crippen LogP contribution in [0.15, 0.2) is 66.8 Å². The molecule has 1 aliphatic rings. The maximum Gasteiger partial charge on any atom is 0.335 e. The Kier molecular flexibility index (Phi) is 6.42. The predicted molar refractivity (Wildman–Crippen MR) is 136 cm³/mol. The second-order valence-corrected chi connectivity index (χ2v) is 8.56. The van der Waals surface area contributed by atoms with Crippen LogP contribution in [-0.4, -0.2) is 29.0 Å². The summed E-state index contributed by atoms with van der Waals surface area (Å²) in [5.74, 6) is -0.634. The van der Waals surface area contributed by atoms with E-state index in [1.54, 1.807) is 24.3 Å². The second kappa shape index (κ2) is 9.46. The van der Waals surface area contributed by atoms with Gasteiger partial charge in [0.2, 0.25) is 0 Å². The lowest BCUT2D eigenvalue weighted by Gasteiger charge is -2.27. The minimum absolute atomic E-state index is 0.0998. The third kappa shape index (κ3) is 4.66. The molecule has 1 aliphatic heterocycles. The summed E-state index contributed by atoms with van der Waals surface area (Å²) in [5, 5.41) is 2.29. The summed E-state index contributed by atoms with van der Waals surface area (Å²) in [4.78, 5) is 39.5. The Morgan fingerprint density at radius 1 is 0.914 bits per heavy atom. The molecule has 0 aliphatic carbocycles. The number of aryl methyl sites for hydroxylation is 3. The molecule has 178 valence electrons. The normalized spacial score (nSPS) is 14.9. The fourth-order valence-corrected chi connectivity index (χ4v) is 4.30. The van der Waals surface area contributed by atoms with Crippen LogP contribution in [-0.2, 0) is 9.59 Å². The standard InChI is InChI=1S/C28H27N3O4/c1-6-11-35-24-9-7-22(8-10-24)30-19(4)15-21(20(30)5)16-25-26(32)29-28(34)31(27(25)33)23-13-17(2)12-18(3)14-23/h6-10,12-16H,1,11H2,2-5H3,(H,29,32,34)/b25-16+. The summed E-state index contributed by atoms with van der Waals surface area (Å²) < 4.78 is 7.58. The van der Waals surface area contributed by atoms with Crippen LogP contribution in [0.4, 0.5) is 10.5 Å². The zero-order valence-electron chi connectivity index (χ0n) is 20.2. The number of imide groups is 2. The number of hydrogen-bond acceptors (Lipinski definition) is 4. The Hall–Kier alpha value is -4.39. The van der Waals surface area contributed by atoms with Gasteiger partial charge in [-0.3, -0.25) is 14.9 Å². The molecular formula is C28H27N3O4. The summed E-state index contributed by atoms with van der Waals surface area (Å²) in [6, 6.07) is 14.2. The minimum Gasteiger partial charge on any atom is -0.490 e. The van der Waals surface area contributed by atoms with Crippen molar-refractivity contribution in [1.29, 1.82) is 0 Å². The molecule has 1 N–H and O–H groups in total. The van der Waals surface area contributed by atoms with E-state index in [2.05, 4.69) is 11.9 Å². The summed E-state index contributed by atoms with van der Waals surface area (Å²) in [7, 11) is 0. The molecule has 4 rings (SSSR count). The van der Waals surface area contributed by atoms with E-state index in [1.807, 2.05) is 68.7 Å². The number of carbonyl (C=O) groups excluding carboxylic acids is 3. The molecule has 2 aromatic carbocycles. The van der Waals surface area contributed by atoms with Gasteiger partial charge in [-0.25, -0.2) is 9.69 Å². The van der Waals surface area contributed by atoms with Crippen molar-refractivity contribution in [2.45, 2.75) is 27.7 Å². The van der Waals surface area contributed by atoms with Crippen molar-refractivity contribution in [1.82, 2.24) is 9.88 Å². The Labute approximate surface area is 204 Å². The van der Waals surface area contributed by atoms with Crippen LogP contribution in [0.25, 0.3) is 11.8 Å². The van der Waals surface area contributed by atoms with Gasteiger partial charge >= 0.3 is 6.03 Å². The van der Waals surface area contributed by atoms with Gasteiger partial charge in [0.1, 0.15) is 17.9 Å². The highest BCUT2D eigenvalue weighted by atomic mass is 16.5. The van der Waals surface area contributed by atoms with Crippen LogP contribution in [0.3, 0.4) is 0 Å². The largest absolute Gasteiger partial charge is 0.490 e. The van der Waals surface area contributed by atoms with Crippen LogP contribution >= 0.6 is 0 Å². The van der Waals surface area contributed by atoms with E-state index in [9.17, 15) is 14.4 Å². The van der Waals surface area contributed by atoms with Gasteiger partial charge < -0.3 is 9.30 Å². The van der Waals surface area contributed by atoms with Gasteiger partial charge in [0.05, 0.1) is 5.69 Å². The first-order valence-corrected chi connectivity index (χ1v) is 11.2. The van der Waals surface area contributed by atoms with Gasteiger partial charge in [-0.15, -0.1) is 0 Å². The predicted octanol–water partition coefficient (Wildman–Crippen LogP) is 4.94. The zero-order chi connectivity index (χ0) is 25.3. The molecule has 4 amide bonds. The van der Waals surface area contributed by atoms with Crippen LogP contribution in [0, 0.1) is 27.7 Å². The van der Waals surface area contributed by atoms with Crippen LogP contribution in [0.1, 0.15) is 28.1 Å². The Bertz CT molecular complexity index is 1360. The Balaban J connectivity index is 1.70. The Morgan fingerprint density at radius 3 is 2.20 bits per heavy atom. The van der Waals surface area contributed by atoms with E-state index in [0.29, 0.717) is 17.9 Å². The third-order valence-electron chi connectivity index (χ3n) is 5.80. The van der Waals surface area contributed by atoms with E-state index < -0.39 is 17.8 Å². The topological polar surface area (TPSA) is 80.6 Å². The van der Waals surface area contributed by atoms with Gasteiger partial charge in [0.25, 0.3) is 11.8 Å². The van der Waals surface area contributed by atoms with Gasteiger partial charge in [-0.2, -0.15) is 0 Å². The number of benzene rings is 2. The quantitative estimate of drug-likeness (QED) is 0.315. The first-order chi connectivity index (χ1) is 16.7. The average Bonchev–Trinajstić information content (AvgIpc) is 3.07. The molecular weight excluding hydrogens is 442 g/mol. The molecule has 1 fully saturated rings. The van der Waals surface area contributed by atoms with Gasteiger partial charge in [0.15, 0.2) is 0 Å². The van der Waals surface area contributed by atoms with Gasteiger partial charge in [0, 0.05) is 17.1 Å². The number of nitrogens with one attached hydrogen (secondary N) is 1. The highest BCUT2D eigenvalue weighted by Crippen LogP contribution is 2.27. The van der Waals surface area contributed by atoms with Crippen molar-refractivity contribution in [3.63, 3.8) is 0 Å². The lowest BCUT2D eigenvalue weighted by molar-refractivity contribution is -0.122. The zero-order valence-corrected chi connectivity index (χ0v) is 20.2. The number of amides is 4. The molecule has 0 bridgehead atoms. The number of rotatable bonds is 6. The third-order valence-corrected chi connectivity index (χ3v) is 5.80. The summed E-state index contributed by atoms with van der Waals surface area (Å²) in [5.41, 5.74) is 5.56. The van der Waals surface area contributed by atoms with E-state index in [4.69, 9.17) is 4.74 Å². The summed E-state index contributed by atoms with van der Waals surface area (Å²) in [6.45, 7) is 11.7. The molecule has 0 atom stereocenters. The number of anilines is 1. The molecule has 0 radical (unpaired) electrons. The van der Waals surface area contributed by atoms with Crippen LogP contribution < -0.4 is 15.0 Å². The Morgan fingerprint density at radius 2 is 1.57 bits per heavy atom. The van der Waals surface area contributed by atoms with Gasteiger partial charge in [-0.1, -0.05) is 18.7 Å². The van der Waals surface area contributed by atoms with Crippen LogP contribution in [0.2, 0.25) is 0 Å². The molecule has 0 spiro atoms. The number of aromatic nitrogens is 1. The van der Waals surface area contributed by atoms with Crippen molar-refractivity contribution in [3.05, 3.63) is 94.8 Å². The maximum atomic E-state index is 13.3. The molecule has 7 nitrogen and oxygen atoms in total. The smallest absolute Gasteiger partial charge is 0.335 e. The number of carbonyl (C=O) groups is 3. The number of ether oxygens (including phenoxy) is 1. The fourth-order valence-electron chi connectivity index (χ4n) is 4.30. The monoisotopic (exact) mass is 469 g/mol. The molecule has 0 unspecified atom stereocenters. The lowest BCUT2D eigenvalue weighted by atomic mass is 10.1. The summed E-state index contributed by atoms with van der Waals surface area (Å²) in [6.07, 6.45) is 3.23. The van der Waals surface area contributed by atoms with E-state index >= 15 is 0 Å². The van der Waals surface area contributed by atoms with Crippen molar-refractivity contribution in [2.75, 3.05) is 11.5 Å². The molecule has 2 heterocycles. The van der Waals surface area contributed by atoms with Crippen molar-refractivity contribution in [3.8, 4) is 11.4 Å². The van der Waals surface area contributed by atoms with Crippen molar-refractivity contribution < 1.29 is 19.1 Å². The number of hydrogen-bond donors (Lipinski definition) is 1. The van der Waals surface area contributed by atoms with E-state index in [0.717, 1.165) is 38.9 Å². The molecule has 1 saturated heterocycles. The maximum absolute atomic E-state index is 13.3. The van der Waals surface area contributed by atoms with E-state index in [-0.39, 0.29) is 5.57 Å². The molecule has 7 heteroatoms. The minimum atomic E-state index is -0.758. The summed E-state index contributed by atoms with van der Waals surface area (Å²) >= 11 is 0. The van der Waals surface area contributed by atoms with Gasteiger partial charge in [-0.05, 0) is 92.9 Å².